The topological polar surface area (TPSA) is 66.4 Å². The summed E-state index contributed by atoms with van der Waals surface area (Å²) in [5, 5.41) is 9.06. The maximum absolute atomic E-state index is 12.1. The van der Waals surface area contributed by atoms with Gasteiger partial charge >= 0.3 is 0 Å². The molecule has 0 aromatic heterocycles. The summed E-state index contributed by atoms with van der Waals surface area (Å²) in [5.41, 5.74) is 1.42. The van der Waals surface area contributed by atoms with Gasteiger partial charge in [-0.1, -0.05) is 31.2 Å². The van der Waals surface area contributed by atoms with E-state index in [-0.39, 0.29) is 18.4 Å². The SMILES string of the molecule is CCSCCC(C)NS(=O)(=O)Cc1cccc(CO)c1. The normalized spacial score (nSPS) is 13.3. The zero-order valence-electron chi connectivity index (χ0n) is 12.0. The molecule has 4 nitrogen and oxygen atoms in total. The molecular formula is C14H23NO3S2. The Morgan fingerprint density at radius 3 is 2.70 bits per heavy atom. The molecule has 0 aliphatic rings. The number of nitrogens with one attached hydrogen (secondary N) is 1. The Kier molecular flexibility index (Phi) is 7.58. The molecule has 1 aromatic rings. The minimum Gasteiger partial charge on any atom is -0.392 e. The molecule has 0 heterocycles. The van der Waals surface area contributed by atoms with Gasteiger partial charge in [0.25, 0.3) is 0 Å². The lowest BCUT2D eigenvalue weighted by Crippen LogP contribution is -2.33. The first-order valence-electron chi connectivity index (χ1n) is 6.73. The molecule has 0 saturated carbocycles. The highest BCUT2D eigenvalue weighted by molar-refractivity contribution is 7.99. The molecule has 0 aliphatic heterocycles. The molecule has 114 valence electrons. The third kappa shape index (κ3) is 6.74. The molecule has 0 amide bonds. The fourth-order valence-electron chi connectivity index (χ4n) is 1.85. The highest BCUT2D eigenvalue weighted by atomic mass is 32.2. The van der Waals surface area contributed by atoms with Crippen LogP contribution in [0.2, 0.25) is 0 Å². The largest absolute Gasteiger partial charge is 0.392 e. The van der Waals surface area contributed by atoms with Gasteiger partial charge in [0.15, 0.2) is 0 Å². The lowest BCUT2D eigenvalue weighted by molar-refractivity contribution is 0.282. The van der Waals surface area contributed by atoms with Crippen molar-refractivity contribution in [1.82, 2.24) is 4.72 Å². The number of thioether (sulfide) groups is 1. The van der Waals surface area contributed by atoms with Crippen LogP contribution in [0.5, 0.6) is 0 Å². The Morgan fingerprint density at radius 2 is 2.05 bits per heavy atom. The van der Waals surface area contributed by atoms with Gasteiger partial charge in [-0.25, -0.2) is 13.1 Å². The lowest BCUT2D eigenvalue weighted by atomic mass is 10.1. The fourth-order valence-corrected chi connectivity index (χ4v) is 4.09. The van der Waals surface area contributed by atoms with Crippen molar-refractivity contribution in [1.29, 1.82) is 0 Å². The molecule has 0 radical (unpaired) electrons. The molecule has 0 saturated heterocycles. The van der Waals surface area contributed by atoms with E-state index in [4.69, 9.17) is 5.11 Å². The zero-order chi connectivity index (χ0) is 15.0. The third-order valence-corrected chi connectivity index (χ3v) is 5.22. The van der Waals surface area contributed by atoms with Crippen molar-refractivity contribution < 1.29 is 13.5 Å². The summed E-state index contributed by atoms with van der Waals surface area (Å²) in [7, 11) is -3.34. The summed E-state index contributed by atoms with van der Waals surface area (Å²) in [4.78, 5) is 0. The third-order valence-electron chi connectivity index (χ3n) is 2.81. The van der Waals surface area contributed by atoms with Gasteiger partial charge in [-0.2, -0.15) is 11.8 Å². The van der Waals surface area contributed by atoms with E-state index in [1.54, 1.807) is 24.3 Å². The van der Waals surface area contributed by atoms with E-state index in [2.05, 4.69) is 11.6 Å². The number of hydrogen-bond donors (Lipinski definition) is 2. The van der Waals surface area contributed by atoms with Gasteiger partial charge in [-0.3, -0.25) is 0 Å². The molecular weight excluding hydrogens is 294 g/mol. The lowest BCUT2D eigenvalue weighted by Gasteiger charge is -2.14. The van der Waals surface area contributed by atoms with Crippen molar-refractivity contribution in [2.24, 2.45) is 0 Å². The van der Waals surface area contributed by atoms with Crippen LogP contribution < -0.4 is 4.72 Å². The second-order valence-corrected chi connectivity index (χ2v) is 7.89. The van der Waals surface area contributed by atoms with E-state index in [0.29, 0.717) is 5.56 Å². The maximum Gasteiger partial charge on any atom is 0.216 e. The predicted octanol–water partition coefficient (Wildman–Crippen LogP) is 2.13. The van der Waals surface area contributed by atoms with Gasteiger partial charge < -0.3 is 5.11 Å². The molecule has 0 aliphatic carbocycles. The van der Waals surface area contributed by atoms with Crippen molar-refractivity contribution in [3.8, 4) is 0 Å². The molecule has 0 spiro atoms. The number of hydrogen-bond acceptors (Lipinski definition) is 4. The summed E-state index contributed by atoms with van der Waals surface area (Å²) in [6.07, 6.45) is 0.828. The van der Waals surface area contributed by atoms with Crippen LogP contribution in [0.25, 0.3) is 0 Å². The molecule has 0 bridgehead atoms. The Morgan fingerprint density at radius 1 is 1.35 bits per heavy atom. The Hall–Kier alpha value is -0.560. The average Bonchev–Trinajstić information content (AvgIpc) is 2.38. The second kappa shape index (κ2) is 8.67. The van der Waals surface area contributed by atoms with E-state index in [9.17, 15) is 8.42 Å². The van der Waals surface area contributed by atoms with Crippen LogP contribution in [-0.2, 0) is 22.4 Å². The van der Waals surface area contributed by atoms with Crippen LogP contribution in [0.3, 0.4) is 0 Å². The molecule has 0 fully saturated rings. The number of sulfonamides is 1. The van der Waals surface area contributed by atoms with Crippen molar-refractivity contribution >= 4 is 21.8 Å². The van der Waals surface area contributed by atoms with E-state index < -0.39 is 10.0 Å². The maximum atomic E-state index is 12.1. The Balaban J connectivity index is 2.56. The van der Waals surface area contributed by atoms with E-state index in [1.165, 1.54) is 0 Å². The average molecular weight is 317 g/mol. The fraction of sp³-hybridized carbons (Fsp3) is 0.571. The first-order valence-corrected chi connectivity index (χ1v) is 9.54. The molecule has 1 aromatic carbocycles. The second-order valence-electron chi connectivity index (χ2n) is 4.74. The van der Waals surface area contributed by atoms with Crippen LogP contribution >= 0.6 is 11.8 Å². The van der Waals surface area contributed by atoms with Crippen molar-refractivity contribution in [2.45, 2.75) is 38.7 Å². The van der Waals surface area contributed by atoms with E-state index >= 15 is 0 Å². The van der Waals surface area contributed by atoms with Crippen molar-refractivity contribution in [3.05, 3.63) is 35.4 Å². The highest BCUT2D eigenvalue weighted by Crippen LogP contribution is 2.10. The standard InChI is InChI=1S/C14H23NO3S2/c1-3-19-8-7-12(2)15-20(17,18)11-14-6-4-5-13(9-14)10-16/h4-6,9,12,15-16H,3,7-8,10-11H2,1-2H3. The van der Waals surface area contributed by atoms with E-state index in [0.717, 1.165) is 23.5 Å². The van der Waals surface area contributed by atoms with E-state index in [1.807, 2.05) is 18.7 Å². The van der Waals surface area contributed by atoms with Gasteiger partial charge in [-0.05, 0) is 36.0 Å². The Bertz CT molecular complexity index is 503. The number of benzene rings is 1. The summed E-state index contributed by atoms with van der Waals surface area (Å²) >= 11 is 1.81. The van der Waals surface area contributed by atoms with Crippen LogP contribution in [-0.4, -0.2) is 31.1 Å². The van der Waals surface area contributed by atoms with Gasteiger partial charge in [0.05, 0.1) is 12.4 Å². The highest BCUT2D eigenvalue weighted by Gasteiger charge is 2.15. The smallest absolute Gasteiger partial charge is 0.216 e. The number of aliphatic hydroxyl groups excluding tert-OH is 1. The zero-order valence-corrected chi connectivity index (χ0v) is 13.6. The summed E-state index contributed by atoms with van der Waals surface area (Å²) in [6, 6.07) is 6.96. The number of rotatable bonds is 9. The van der Waals surface area contributed by atoms with Crippen molar-refractivity contribution in [3.63, 3.8) is 0 Å². The minimum absolute atomic E-state index is 0.0495. The predicted molar refractivity (Wildman–Crippen MR) is 85.2 cm³/mol. The van der Waals surface area contributed by atoms with Crippen LogP contribution in [0.1, 0.15) is 31.4 Å². The molecule has 1 rings (SSSR count). The molecule has 6 heteroatoms. The van der Waals surface area contributed by atoms with Crippen LogP contribution in [0.15, 0.2) is 24.3 Å². The van der Waals surface area contributed by atoms with Gasteiger partial charge in [0.1, 0.15) is 0 Å². The minimum atomic E-state index is -3.34. The van der Waals surface area contributed by atoms with Crippen LogP contribution in [0, 0.1) is 0 Å². The molecule has 1 unspecified atom stereocenters. The Labute approximate surface area is 126 Å². The molecule has 1 atom stereocenters. The number of aliphatic hydroxyl groups is 1. The van der Waals surface area contributed by atoms with Gasteiger partial charge in [0, 0.05) is 6.04 Å². The molecule has 2 N–H and O–H groups in total. The summed E-state index contributed by atoms with van der Waals surface area (Å²) in [5.74, 6) is 1.96. The van der Waals surface area contributed by atoms with Gasteiger partial charge in [-0.15, -0.1) is 0 Å². The van der Waals surface area contributed by atoms with Crippen LogP contribution in [0.4, 0.5) is 0 Å². The molecule has 20 heavy (non-hydrogen) atoms. The quantitative estimate of drug-likeness (QED) is 0.685. The monoisotopic (exact) mass is 317 g/mol. The first kappa shape index (κ1) is 17.5. The summed E-state index contributed by atoms with van der Waals surface area (Å²) < 4.78 is 26.8. The summed E-state index contributed by atoms with van der Waals surface area (Å²) in [6.45, 7) is 3.90. The van der Waals surface area contributed by atoms with Gasteiger partial charge in [0.2, 0.25) is 10.0 Å². The first-order chi connectivity index (χ1) is 9.46. The van der Waals surface area contributed by atoms with Crippen molar-refractivity contribution in [2.75, 3.05) is 11.5 Å².